The molecular weight excluding hydrogens is 619 g/mol. The van der Waals surface area contributed by atoms with Crippen LogP contribution in [-0.4, -0.2) is 34.7 Å². The highest BCUT2D eigenvalue weighted by Crippen LogP contribution is 2.46. The average molecular weight is 651 g/mol. The molecule has 2 aliphatic rings. The van der Waals surface area contributed by atoms with E-state index in [-0.39, 0.29) is 42.0 Å². The SMILES string of the molecule is CC[C@H]1C[C@@H](OCc2c(-c3ccccc3OC(F)(F)F)noc2C2CC2)C[C@@H](C)N1c1nc2c(C)cc(Br)cc2s1. The number of benzene rings is 2. The molecule has 3 heterocycles. The minimum Gasteiger partial charge on any atom is -0.405 e. The zero-order chi connectivity index (χ0) is 28.9. The molecule has 0 unspecified atom stereocenters. The van der Waals surface area contributed by atoms with Gasteiger partial charge in [-0.1, -0.05) is 51.5 Å². The van der Waals surface area contributed by atoms with Gasteiger partial charge in [0.15, 0.2) is 5.13 Å². The first-order valence-electron chi connectivity index (χ1n) is 13.9. The van der Waals surface area contributed by atoms with Crippen molar-refractivity contribution in [3.8, 4) is 17.0 Å². The molecule has 1 saturated heterocycles. The zero-order valence-electron chi connectivity index (χ0n) is 23.0. The summed E-state index contributed by atoms with van der Waals surface area (Å²) in [6, 6.07) is 10.7. The first kappa shape index (κ1) is 28.5. The maximum atomic E-state index is 13.1. The lowest BCUT2D eigenvalue weighted by atomic mass is 9.92. The van der Waals surface area contributed by atoms with Crippen molar-refractivity contribution in [2.75, 3.05) is 4.90 Å². The van der Waals surface area contributed by atoms with Gasteiger partial charge in [0.1, 0.15) is 17.2 Å². The number of rotatable bonds is 8. The summed E-state index contributed by atoms with van der Waals surface area (Å²) in [5.74, 6) is 0.621. The van der Waals surface area contributed by atoms with Crippen LogP contribution in [0.4, 0.5) is 18.3 Å². The van der Waals surface area contributed by atoms with Crippen LogP contribution in [0.3, 0.4) is 0 Å². The first-order valence-corrected chi connectivity index (χ1v) is 15.5. The fourth-order valence-electron chi connectivity index (χ4n) is 5.88. The summed E-state index contributed by atoms with van der Waals surface area (Å²) in [6.45, 7) is 6.69. The molecule has 0 radical (unpaired) electrons. The van der Waals surface area contributed by atoms with Gasteiger partial charge in [-0.2, -0.15) is 0 Å². The lowest BCUT2D eigenvalue weighted by Gasteiger charge is -2.43. The lowest BCUT2D eigenvalue weighted by Crippen LogP contribution is -2.50. The number of anilines is 1. The van der Waals surface area contributed by atoms with Gasteiger partial charge in [-0.05, 0) is 75.8 Å². The molecule has 1 aliphatic carbocycles. The van der Waals surface area contributed by atoms with E-state index in [0.717, 1.165) is 57.5 Å². The Morgan fingerprint density at radius 1 is 1.17 bits per heavy atom. The molecule has 11 heteroatoms. The van der Waals surface area contributed by atoms with Crippen LogP contribution in [-0.2, 0) is 11.3 Å². The van der Waals surface area contributed by atoms with Crippen molar-refractivity contribution in [3.05, 3.63) is 57.8 Å². The van der Waals surface area contributed by atoms with Gasteiger partial charge in [0.2, 0.25) is 0 Å². The molecule has 2 aromatic carbocycles. The van der Waals surface area contributed by atoms with Crippen molar-refractivity contribution in [2.24, 2.45) is 0 Å². The summed E-state index contributed by atoms with van der Waals surface area (Å²) in [4.78, 5) is 7.46. The van der Waals surface area contributed by atoms with Gasteiger partial charge in [0.05, 0.1) is 22.9 Å². The Labute approximate surface area is 249 Å². The van der Waals surface area contributed by atoms with E-state index >= 15 is 0 Å². The van der Waals surface area contributed by atoms with E-state index in [0.29, 0.717) is 17.0 Å². The van der Waals surface area contributed by atoms with E-state index in [1.165, 1.54) is 12.1 Å². The lowest BCUT2D eigenvalue weighted by molar-refractivity contribution is -0.274. The van der Waals surface area contributed by atoms with Gasteiger partial charge in [0, 0.05) is 33.6 Å². The maximum Gasteiger partial charge on any atom is 0.573 e. The van der Waals surface area contributed by atoms with Crippen LogP contribution in [0, 0.1) is 6.92 Å². The van der Waals surface area contributed by atoms with E-state index in [1.807, 2.05) is 0 Å². The quantitative estimate of drug-likeness (QED) is 0.190. The molecule has 0 amide bonds. The summed E-state index contributed by atoms with van der Waals surface area (Å²) in [7, 11) is 0. The molecule has 0 spiro atoms. The smallest absolute Gasteiger partial charge is 0.405 e. The van der Waals surface area contributed by atoms with Crippen molar-refractivity contribution in [1.29, 1.82) is 0 Å². The minimum atomic E-state index is -4.81. The van der Waals surface area contributed by atoms with Crippen molar-refractivity contribution in [1.82, 2.24) is 10.1 Å². The zero-order valence-corrected chi connectivity index (χ0v) is 25.4. The number of piperidine rings is 1. The Hall–Kier alpha value is -2.63. The molecule has 0 N–H and O–H groups in total. The van der Waals surface area contributed by atoms with Crippen molar-refractivity contribution in [3.63, 3.8) is 0 Å². The number of aromatic nitrogens is 2. The highest BCUT2D eigenvalue weighted by molar-refractivity contribution is 9.10. The third kappa shape index (κ3) is 5.99. The number of para-hydroxylation sites is 1. The number of nitrogens with zero attached hydrogens (tertiary/aromatic N) is 3. The van der Waals surface area contributed by atoms with Crippen LogP contribution in [0.25, 0.3) is 21.5 Å². The Balaban J connectivity index is 1.23. The summed E-state index contributed by atoms with van der Waals surface area (Å²) in [5, 5.41) is 5.24. The highest BCUT2D eigenvalue weighted by atomic mass is 79.9. The number of ether oxygens (including phenoxy) is 2. The second-order valence-electron chi connectivity index (χ2n) is 11.0. The molecule has 0 bridgehead atoms. The van der Waals surface area contributed by atoms with Gasteiger partial charge in [-0.25, -0.2) is 4.98 Å². The first-order chi connectivity index (χ1) is 19.6. The van der Waals surface area contributed by atoms with Gasteiger partial charge in [0.25, 0.3) is 0 Å². The molecule has 3 atom stereocenters. The summed E-state index contributed by atoms with van der Waals surface area (Å²) >= 11 is 5.32. The highest BCUT2D eigenvalue weighted by Gasteiger charge is 2.38. The fraction of sp³-hybridized carbons (Fsp3) is 0.467. The Morgan fingerprint density at radius 3 is 2.68 bits per heavy atom. The molecule has 2 aromatic heterocycles. The van der Waals surface area contributed by atoms with Gasteiger partial charge in [-0.3, -0.25) is 0 Å². The molecule has 1 saturated carbocycles. The standard InChI is InChI=1S/C30H31BrF3N3O3S/c1-4-20-14-21(12-17(3)37(20)29-35-26-16(2)11-19(31)13-25(26)41-29)38-15-23-27(36-40-28(23)18-9-10-18)22-7-5-6-8-24(22)39-30(32,33)34/h5-8,11,13,17-18,20-21H,4,9-10,12,14-15H2,1-3H3/t17-,20+,21+/m1/s1. The Morgan fingerprint density at radius 2 is 1.95 bits per heavy atom. The summed E-state index contributed by atoms with van der Waals surface area (Å²) < 4.78 is 58.1. The number of hydrogen-bond donors (Lipinski definition) is 0. The number of aryl methyl sites for hydroxylation is 1. The predicted octanol–water partition coefficient (Wildman–Crippen LogP) is 9.15. The van der Waals surface area contributed by atoms with Gasteiger partial charge < -0.3 is 18.9 Å². The second-order valence-corrected chi connectivity index (χ2v) is 12.9. The number of fused-ring (bicyclic) bond motifs is 1. The topological polar surface area (TPSA) is 60.6 Å². The monoisotopic (exact) mass is 649 g/mol. The van der Waals surface area contributed by atoms with Gasteiger partial charge in [-0.15, -0.1) is 13.2 Å². The minimum absolute atomic E-state index is 0.0204. The van der Waals surface area contributed by atoms with Crippen LogP contribution in [0.1, 0.15) is 68.8 Å². The van der Waals surface area contributed by atoms with E-state index in [4.69, 9.17) is 14.2 Å². The van der Waals surface area contributed by atoms with Crippen molar-refractivity contribution in [2.45, 2.75) is 90.0 Å². The summed E-state index contributed by atoms with van der Waals surface area (Å²) in [6.07, 6.45) is -0.325. The van der Waals surface area contributed by atoms with Crippen molar-refractivity contribution < 1.29 is 27.2 Å². The second kappa shape index (κ2) is 11.2. The molecule has 1 aliphatic heterocycles. The van der Waals surface area contributed by atoms with E-state index in [1.54, 1.807) is 23.5 Å². The summed E-state index contributed by atoms with van der Waals surface area (Å²) in [5.41, 5.74) is 3.48. The van der Waals surface area contributed by atoms with Crippen LogP contribution in [0.2, 0.25) is 0 Å². The normalized spacial score (nSPS) is 21.5. The number of halogens is 4. The molecule has 6 nitrogen and oxygen atoms in total. The predicted molar refractivity (Wildman–Crippen MR) is 156 cm³/mol. The molecule has 2 fully saturated rings. The number of hydrogen-bond acceptors (Lipinski definition) is 7. The largest absolute Gasteiger partial charge is 0.573 e. The maximum absolute atomic E-state index is 13.1. The molecular formula is C30H31BrF3N3O3S. The Kier molecular flexibility index (Phi) is 7.80. The van der Waals surface area contributed by atoms with E-state index < -0.39 is 6.36 Å². The average Bonchev–Trinajstić information content (AvgIpc) is 3.53. The van der Waals surface area contributed by atoms with E-state index in [2.05, 4.69) is 63.6 Å². The Bertz CT molecular complexity index is 1550. The van der Waals surface area contributed by atoms with Crippen LogP contribution < -0.4 is 9.64 Å². The number of thiazole rings is 1. The van der Waals surface area contributed by atoms with E-state index in [9.17, 15) is 13.2 Å². The molecule has 6 rings (SSSR count). The van der Waals surface area contributed by atoms with Crippen LogP contribution in [0.5, 0.6) is 5.75 Å². The van der Waals surface area contributed by atoms with Gasteiger partial charge >= 0.3 is 6.36 Å². The number of alkyl halides is 3. The molecule has 41 heavy (non-hydrogen) atoms. The third-order valence-electron chi connectivity index (χ3n) is 7.94. The molecule has 4 aromatic rings. The van der Waals surface area contributed by atoms with Crippen LogP contribution in [0.15, 0.2) is 45.4 Å². The fourth-order valence-corrected chi connectivity index (χ4v) is 7.86. The van der Waals surface area contributed by atoms with Crippen molar-refractivity contribution >= 4 is 42.6 Å². The van der Waals surface area contributed by atoms with Crippen LogP contribution >= 0.6 is 27.3 Å². The molecule has 218 valence electrons. The third-order valence-corrected chi connectivity index (χ3v) is 9.41.